The summed E-state index contributed by atoms with van der Waals surface area (Å²) in [6, 6.07) is 0.337. The van der Waals surface area contributed by atoms with E-state index in [1.54, 1.807) is 16.7 Å². The van der Waals surface area contributed by atoms with E-state index in [0.29, 0.717) is 18.3 Å². The number of hydrogen-bond donors (Lipinski definition) is 1. The Balaban J connectivity index is 1.47. The van der Waals surface area contributed by atoms with Crippen LogP contribution in [-0.4, -0.2) is 65.0 Å². The van der Waals surface area contributed by atoms with Crippen LogP contribution in [0.3, 0.4) is 0 Å². The third kappa shape index (κ3) is 3.77. The summed E-state index contributed by atoms with van der Waals surface area (Å²) < 4.78 is 0. The number of nitrogens with one attached hydrogen (secondary N) is 1. The normalized spacial score (nSPS) is 26.5. The Kier molecular flexibility index (Phi) is 5.29. The maximum atomic E-state index is 12.7. The Morgan fingerprint density at radius 1 is 1.18 bits per heavy atom. The molecular formula is C16H27N3O2S. The molecule has 0 aromatic heterocycles. The second kappa shape index (κ2) is 7.21. The molecule has 1 saturated carbocycles. The predicted molar refractivity (Wildman–Crippen MR) is 88.6 cm³/mol. The highest BCUT2D eigenvalue weighted by atomic mass is 32.2. The highest BCUT2D eigenvalue weighted by Crippen LogP contribution is 2.28. The molecule has 6 heteroatoms. The van der Waals surface area contributed by atoms with Crippen molar-refractivity contribution in [2.45, 2.75) is 51.1 Å². The second-order valence-electron chi connectivity index (χ2n) is 6.68. The highest BCUT2D eigenvalue weighted by Gasteiger charge is 2.37. The van der Waals surface area contributed by atoms with Crippen LogP contribution in [0.15, 0.2) is 0 Å². The molecule has 0 aromatic carbocycles. The maximum absolute atomic E-state index is 12.7. The number of thioether (sulfide) groups is 1. The number of amides is 2. The number of likely N-dealkylation sites (tertiary alicyclic amines) is 1. The fraction of sp³-hybridized carbons (Fsp3) is 0.875. The van der Waals surface area contributed by atoms with Gasteiger partial charge in [0.2, 0.25) is 11.8 Å². The number of rotatable bonds is 5. The van der Waals surface area contributed by atoms with Gasteiger partial charge in [0.15, 0.2) is 0 Å². The monoisotopic (exact) mass is 325 g/mol. The van der Waals surface area contributed by atoms with Crippen LogP contribution in [0.2, 0.25) is 0 Å². The first-order valence-electron chi connectivity index (χ1n) is 8.58. The van der Waals surface area contributed by atoms with Gasteiger partial charge in [-0.25, -0.2) is 0 Å². The van der Waals surface area contributed by atoms with E-state index in [2.05, 4.69) is 5.32 Å². The molecule has 2 amide bonds. The van der Waals surface area contributed by atoms with Crippen LogP contribution in [0.1, 0.15) is 39.0 Å². The Bertz CT molecular complexity index is 420. The minimum Gasteiger partial charge on any atom is -0.341 e. The van der Waals surface area contributed by atoms with Crippen LogP contribution in [0.4, 0.5) is 0 Å². The maximum Gasteiger partial charge on any atom is 0.246 e. The highest BCUT2D eigenvalue weighted by molar-refractivity contribution is 7.99. The smallest absolute Gasteiger partial charge is 0.246 e. The molecule has 2 aliphatic heterocycles. The van der Waals surface area contributed by atoms with Gasteiger partial charge in [-0.2, -0.15) is 0 Å². The lowest BCUT2D eigenvalue weighted by Gasteiger charge is -2.35. The number of carbonyl (C=O) groups excluding carboxylic acids is 2. The zero-order valence-electron chi connectivity index (χ0n) is 13.4. The molecule has 0 bridgehead atoms. The fourth-order valence-corrected chi connectivity index (χ4v) is 4.44. The molecule has 1 atom stereocenters. The van der Waals surface area contributed by atoms with E-state index in [-0.39, 0.29) is 17.9 Å². The summed E-state index contributed by atoms with van der Waals surface area (Å²) in [6.45, 7) is 4.67. The molecule has 124 valence electrons. The molecule has 1 N–H and O–H groups in total. The van der Waals surface area contributed by atoms with Crippen molar-refractivity contribution in [2.24, 2.45) is 5.92 Å². The average Bonchev–Trinajstić information content (AvgIpc) is 3.26. The van der Waals surface area contributed by atoms with Crippen LogP contribution in [0, 0.1) is 5.92 Å². The zero-order chi connectivity index (χ0) is 15.5. The molecule has 3 rings (SSSR count). The molecule has 0 radical (unpaired) electrons. The van der Waals surface area contributed by atoms with Gasteiger partial charge in [-0.3, -0.25) is 9.59 Å². The summed E-state index contributed by atoms with van der Waals surface area (Å²) in [5.74, 6) is 2.59. The lowest BCUT2D eigenvalue weighted by atomic mass is 10.0. The van der Waals surface area contributed by atoms with Gasteiger partial charge >= 0.3 is 0 Å². The molecule has 22 heavy (non-hydrogen) atoms. The van der Waals surface area contributed by atoms with Crippen molar-refractivity contribution >= 4 is 23.6 Å². The van der Waals surface area contributed by atoms with E-state index >= 15 is 0 Å². The largest absolute Gasteiger partial charge is 0.341 e. The summed E-state index contributed by atoms with van der Waals surface area (Å²) in [7, 11) is 0. The zero-order valence-corrected chi connectivity index (χ0v) is 14.2. The van der Waals surface area contributed by atoms with E-state index < -0.39 is 0 Å². The van der Waals surface area contributed by atoms with Gasteiger partial charge < -0.3 is 15.1 Å². The first-order valence-corrected chi connectivity index (χ1v) is 9.74. The summed E-state index contributed by atoms with van der Waals surface area (Å²) in [5.41, 5.74) is 0. The lowest BCUT2D eigenvalue weighted by Crippen LogP contribution is -2.52. The number of carbonyl (C=O) groups is 2. The van der Waals surface area contributed by atoms with Crippen molar-refractivity contribution in [3.8, 4) is 0 Å². The number of nitrogens with zero attached hydrogens (tertiary/aromatic N) is 2. The Hall–Kier alpha value is -0.750. The van der Waals surface area contributed by atoms with Gasteiger partial charge in [0, 0.05) is 31.3 Å². The van der Waals surface area contributed by atoms with Gasteiger partial charge in [0.25, 0.3) is 0 Å². The molecule has 3 aliphatic rings. The fourth-order valence-electron chi connectivity index (χ4n) is 3.27. The molecule has 2 heterocycles. The molecule has 0 spiro atoms. The minimum absolute atomic E-state index is 0.101. The van der Waals surface area contributed by atoms with Crippen molar-refractivity contribution in [3.63, 3.8) is 0 Å². The van der Waals surface area contributed by atoms with Gasteiger partial charge in [-0.15, -0.1) is 11.8 Å². The standard InChI is InChI=1S/C16H27N3O2S/c1-2-15(20)19-11-22-10-14(19)16(21)18-7-5-13(6-8-18)17-9-12-3-4-12/h12-14,17H,2-11H2,1H3. The summed E-state index contributed by atoms with van der Waals surface area (Å²) in [6.07, 6.45) is 5.33. The molecule has 3 fully saturated rings. The van der Waals surface area contributed by atoms with Gasteiger partial charge in [0.05, 0.1) is 5.88 Å². The summed E-state index contributed by atoms with van der Waals surface area (Å²) >= 11 is 1.69. The summed E-state index contributed by atoms with van der Waals surface area (Å²) in [5, 5.41) is 3.64. The van der Waals surface area contributed by atoms with E-state index in [4.69, 9.17) is 0 Å². The van der Waals surface area contributed by atoms with Crippen molar-refractivity contribution in [1.29, 1.82) is 0 Å². The van der Waals surface area contributed by atoms with E-state index in [1.165, 1.54) is 12.8 Å². The number of hydrogen-bond acceptors (Lipinski definition) is 4. The molecule has 1 unspecified atom stereocenters. The van der Waals surface area contributed by atoms with Crippen LogP contribution < -0.4 is 5.32 Å². The topological polar surface area (TPSA) is 52.7 Å². The SMILES string of the molecule is CCC(=O)N1CSCC1C(=O)N1CCC(NCC2CC2)CC1. The first kappa shape index (κ1) is 16.1. The van der Waals surface area contributed by atoms with Crippen LogP contribution in [0.25, 0.3) is 0 Å². The molecular weight excluding hydrogens is 298 g/mol. The van der Waals surface area contributed by atoms with Crippen molar-refractivity contribution < 1.29 is 9.59 Å². The summed E-state index contributed by atoms with van der Waals surface area (Å²) in [4.78, 5) is 28.4. The predicted octanol–water partition coefficient (Wildman–Crippen LogP) is 1.29. The quantitative estimate of drug-likeness (QED) is 0.827. The second-order valence-corrected chi connectivity index (χ2v) is 7.68. The molecule has 1 aliphatic carbocycles. The van der Waals surface area contributed by atoms with Crippen LogP contribution >= 0.6 is 11.8 Å². The van der Waals surface area contributed by atoms with E-state index in [0.717, 1.165) is 44.1 Å². The van der Waals surface area contributed by atoms with E-state index in [1.807, 2.05) is 11.8 Å². The van der Waals surface area contributed by atoms with Crippen molar-refractivity contribution in [3.05, 3.63) is 0 Å². The van der Waals surface area contributed by atoms with E-state index in [9.17, 15) is 9.59 Å². The minimum atomic E-state index is -0.228. The van der Waals surface area contributed by atoms with Gasteiger partial charge in [-0.1, -0.05) is 6.92 Å². The Morgan fingerprint density at radius 3 is 2.55 bits per heavy atom. The molecule has 2 saturated heterocycles. The first-order chi connectivity index (χ1) is 10.7. The van der Waals surface area contributed by atoms with Crippen LogP contribution in [-0.2, 0) is 9.59 Å². The average molecular weight is 325 g/mol. The molecule has 0 aromatic rings. The van der Waals surface area contributed by atoms with Gasteiger partial charge in [0.1, 0.15) is 6.04 Å². The Labute approximate surface area is 137 Å². The van der Waals surface area contributed by atoms with Crippen molar-refractivity contribution in [1.82, 2.24) is 15.1 Å². The van der Waals surface area contributed by atoms with Gasteiger partial charge in [-0.05, 0) is 38.1 Å². The third-order valence-corrected chi connectivity index (χ3v) is 6.00. The Morgan fingerprint density at radius 2 is 1.91 bits per heavy atom. The van der Waals surface area contributed by atoms with Crippen molar-refractivity contribution in [2.75, 3.05) is 31.3 Å². The number of piperidine rings is 1. The molecule has 5 nitrogen and oxygen atoms in total. The third-order valence-electron chi connectivity index (χ3n) is 4.99. The van der Waals surface area contributed by atoms with Crippen LogP contribution in [0.5, 0.6) is 0 Å². The lowest BCUT2D eigenvalue weighted by molar-refractivity contribution is -0.144.